The van der Waals surface area contributed by atoms with E-state index in [1.807, 2.05) is 55.5 Å². The van der Waals surface area contributed by atoms with E-state index in [1.54, 1.807) is 6.07 Å². The molecule has 44 heavy (non-hydrogen) atoms. The van der Waals surface area contributed by atoms with Crippen LogP contribution in [-0.4, -0.2) is 32.2 Å². The van der Waals surface area contributed by atoms with Crippen molar-refractivity contribution >= 4 is 27.3 Å². The van der Waals surface area contributed by atoms with E-state index in [-0.39, 0.29) is 17.9 Å². The lowest BCUT2D eigenvalue weighted by molar-refractivity contribution is 0.0968. The highest BCUT2D eigenvalue weighted by Gasteiger charge is 2.20. The number of carbonyl (C=O) groups is 1. The third-order valence-corrected chi connectivity index (χ3v) is 8.60. The van der Waals surface area contributed by atoms with Gasteiger partial charge in [0.25, 0.3) is 5.56 Å². The molecule has 0 fully saturated rings. The first-order valence-corrected chi connectivity index (χ1v) is 14.5. The second-order valence-electron chi connectivity index (χ2n) is 10.0. The molecule has 0 unspecified atom stereocenters. The van der Waals surface area contributed by atoms with E-state index in [0.717, 1.165) is 32.2 Å². The van der Waals surface area contributed by atoms with Crippen molar-refractivity contribution in [2.24, 2.45) is 0 Å². The largest absolute Gasteiger partial charge is 0.494 e. The maximum Gasteiger partial charge on any atom is 0.439 e. The van der Waals surface area contributed by atoms with Crippen LogP contribution in [0, 0.1) is 5.82 Å². The van der Waals surface area contributed by atoms with Crippen LogP contribution in [0.4, 0.5) is 4.39 Å². The molecule has 3 aromatic carbocycles. The fourth-order valence-corrected chi connectivity index (χ4v) is 6.11. The number of carbonyl (C=O) groups excluding carboxylic acids is 1. The number of benzene rings is 3. The number of halogens is 1. The Balaban J connectivity index is 1.37. The highest BCUT2D eigenvalue weighted by molar-refractivity contribution is 7.18. The topological polar surface area (TPSA) is 129 Å². The number of methoxy groups -OCH3 is 1. The summed E-state index contributed by atoms with van der Waals surface area (Å²) >= 11 is 1.37. The normalized spacial score (nSPS) is 11.2. The van der Waals surface area contributed by atoms with Gasteiger partial charge < -0.3 is 4.74 Å². The lowest BCUT2D eigenvalue weighted by Gasteiger charge is -2.13. The standard InChI is InChI=1S/C32H25FN4O6S/c1-3-21-15-24-29(39)36(17-26(38)20-12-13-25(33)27(14-20)42-2)32(41)37(30(24)44-21)16-18-8-10-19(11-9-18)22-6-4-5-7-23(22)28-34-31(40)43-35-28/h4-15H,3,16-17H2,1-2H3,(H,34,35,40). The summed E-state index contributed by atoms with van der Waals surface area (Å²) in [6, 6.07) is 20.3. The van der Waals surface area contributed by atoms with Crippen molar-refractivity contribution < 1.29 is 18.4 Å². The molecule has 3 heterocycles. The molecular formula is C32H25FN4O6S. The molecule has 0 aliphatic heterocycles. The molecule has 222 valence electrons. The highest BCUT2D eigenvalue weighted by Crippen LogP contribution is 2.30. The van der Waals surface area contributed by atoms with Gasteiger partial charge in [0.15, 0.2) is 23.2 Å². The van der Waals surface area contributed by atoms with Crippen LogP contribution < -0.4 is 21.7 Å². The van der Waals surface area contributed by atoms with Crippen molar-refractivity contribution in [1.82, 2.24) is 19.3 Å². The van der Waals surface area contributed by atoms with Crippen molar-refractivity contribution in [3.8, 4) is 28.3 Å². The van der Waals surface area contributed by atoms with E-state index in [9.17, 15) is 23.6 Å². The number of fused-ring (bicyclic) bond motifs is 1. The number of nitrogens with one attached hydrogen (secondary N) is 1. The number of aryl methyl sites for hydroxylation is 1. The molecule has 0 bridgehead atoms. The van der Waals surface area contributed by atoms with Crippen LogP contribution in [0.25, 0.3) is 32.7 Å². The molecule has 6 rings (SSSR count). The van der Waals surface area contributed by atoms with Crippen LogP contribution in [0.2, 0.25) is 0 Å². The number of ketones is 1. The predicted molar refractivity (Wildman–Crippen MR) is 164 cm³/mol. The van der Waals surface area contributed by atoms with Gasteiger partial charge in [0, 0.05) is 16.0 Å². The SMILES string of the molecule is CCc1cc2c(=O)n(CC(=O)c3ccc(F)c(OC)c3)c(=O)n(Cc3ccc(-c4ccccc4-c4noc(=O)[nH]4)cc3)c2s1. The molecule has 0 atom stereocenters. The third kappa shape index (κ3) is 5.31. The Kier molecular flexibility index (Phi) is 7.66. The summed E-state index contributed by atoms with van der Waals surface area (Å²) in [6.45, 7) is 1.60. The first-order chi connectivity index (χ1) is 21.3. The second-order valence-corrected chi connectivity index (χ2v) is 11.1. The lowest BCUT2D eigenvalue weighted by atomic mass is 9.98. The van der Waals surface area contributed by atoms with Crippen LogP contribution in [0.15, 0.2) is 91.7 Å². The lowest BCUT2D eigenvalue weighted by Crippen LogP contribution is -2.41. The van der Waals surface area contributed by atoms with Crippen LogP contribution in [0.5, 0.6) is 5.75 Å². The number of H-pyrrole nitrogens is 1. The predicted octanol–water partition coefficient (Wildman–Crippen LogP) is 4.88. The van der Waals surface area contributed by atoms with Gasteiger partial charge in [0.05, 0.1) is 25.6 Å². The van der Waals surface area contributed by atoms with Gasteiger partial charge >= 0.3 is 11.4 Å². The van der Waals surface area contributed by atoms with E-state index >= 15 is 0 Å². The molecule has 12 heteroatoms. The van der Waals surface area contributed by atoms with Gasteiger partial charge in [0.2, 0.25) is 0 Å². The highest BCUT2D eigenvalue weighted by atomic mass is 32.1. The van der Waals surface area contributed by atoms with Crippen LogP contribution in [0.1, 0.15) is 27.7 Å². The third-order valence-electron chi connectivity index (χ3n) is 7.30. The van der Waals surface area contributed by atoms with Crippen molar-refractivity contribution in [3.63, 3.8) is 0 Å². The van der Waals surface area contributed by atoms with Crippen LogP contribution >= 0.6 is 11.3 Å². The summed E-state index contributed by atoms with van der Waals surface area (Å²) in [6.07, 6.45) is 0.673. The average Bonchev–Trinajstić information content (AvgIpc) is 3.68. The molecule has 0 amide bonds. The Morgan fingerprint density at radius 2 is 1.75 bits per heavy atom. The Bertz CT molecular complexity index is 2210. The van der Waals surface area contributed by atoms with E-state index < -0.39 is 35.2 Å². The summed E-state index contributed by atoms with van der Waals surface area (Å²) in [5, 5.41) is 4.16. The van der Waals surface area contributed by atoms with Gasteiger partial charge in [0.1, 0.15) is 4.83 Å². The average molecular weight is 613 g/mol. The summed E-state index contributed by atoms with van der Waals surface area (Å²) in [5.41, 5.74) is 2.07. The fraction of sp³-hybridized carbons (Fsp3) is 0.156. The van der Waals surface area contributed by atoms with Crippen LogP contribution in [-0.2, 0) is 19.5 Å². The molecule has 0 spiro atoms. The van der Waals surface area contributed by atoms with Gasteiger partial charge in [-0.1, -0.05) is 60.6 Å². The maximum absolute atomic E-state index is 13.9. The van der Waals surface area contributed by atoms with Crippen LogP contribution in [0.3, 0.4) is 0 Å². The smallest absolute Gasteiger partial charge is 0.439 e. The van der Waals surface area contributed by atoms with Gasteiger partial charge in [-0.05, 0) is 47.4 Å². The van der Waals surface area contributed by atoms with E-state index in [2.05, 4.69) is 14.7 Å². The minimum absolute atomic E-state index is 0.109. The molecule has 0 saturated carbocycles. The Hall–Kier alpha value is -5.36. The molecule has 3 aromatic heterocycles. The monoisotopic (exact) mass is 612 g/mol. The molecule has 0 aliphatic carbocycles. The minimum atomic E-state index is -0.651. The maximum atomic E-state index is 13.9. The van der Waals surface area contributed by atoms with E-state index in [0.29, 0.717) is 28.0 Å². The van der Waals surface area contributed by atoms with Gasteiger partial charge in [-0.15, -0.1) is 11.3 Å². The number of rotatable bonds is 9. The summed E-state index contributed by atoms with van der Waals surface area (Å²) in [4.78, 5) is 55.9. The van der Waals surface area contributed by atoms with Gasteiger partial charge in [-0.2, -0.15) is 0 Å². The second kappa shape index (κ2) is 11.7. The quantitative estimate of drug-likeness (QED) is 0.231. The number of hydrogen-bond donors (Lipinski definition) is 1. The number of hydrogen-bond acceptors (Lipinski definition) is 8. The number of nitrogens with zero attached hydrogens (tertiary/aromatic N) is 3. The van der Waals surface area contributed by atoms with E-state index in [1.165, 1.54) is 35.1 Å². The number of ether oxygens (including phenoxy) is 1. The number of aromatic nitrogens is 4. The number of aromatic amines is 1. The van der Waals surface area contributed by atoms with Crippen molar-refractivity contribution in [2.75, 3.05) is 7.11 Å². The molecule has 0 saturated heterocycles. The molecule has 6 aromatic rings. The molecular weight excluding hydrogens is 587 g/mol. The summed E-state index contributed by atoms with van der Waals surface area (Å²) in [5.74, 6) is -1.61. The Morgan fingerprint density at radius 1 is 1.00 bits per heavy atom. The van der Waals surface area contributed by atoms with Crippen molar-refractivity contribution in [3.05, 3.63) is 126 Å². The first kappa shape index (κ1) is 28.7. The summed E-state index contributed by atoms with van der Waals surface area (Å²) in [7, 11) is 1.29. The van der Waals surface area contributed by atoms with Crippen molar-refractivity contribution in [2.45, 2.75) is 26.4 Å². The van der Waals surface area contributed by atoms with Gasteiger partial charge in [-0.25, -0.2) is 14.0 Å². The molecule has 10 nitrogen and oxygen atoms in total. The number of thiophene rings is 1. The van der Waals surface area contributed by atoms with E-state index in [4.69, 9.17) is 4.74 Å². The zero-order valence-corrected chi connectivity index (χ0v) is 24.4. The van der Waals surface area contributed by atoms with Gasteiger partial charge in [-0.3, -0.25) is 28.2 Å². The fourth-order valence-electron chi connectivity index (χ4n) is 5.03. The zero-order valence-electron chi connectivity index (χ0n) is 23.6. The molecule has 0 aliphatic rings. The first-order valence-electron chi connectivity index (χ1n) is 13.6. The Morgan fingerprint density at radius 3 is 2.43 bits per heavy atom. The minimum Gasteiger partial charge on any atom is -0.494 e. The zero-order chi connectivity index (χ0) is 31.0. The molecule has 1 N–H and O–H groups in total. The number of Topliss-reactive ketones (excluding diaryl/α,β-unsaturated/α-hetero) is 1. The molecule has 0 radical (unpaired) electrons. The Labute approximate surface area is 252 Å². The van der Waals surface area contributed by atoms with Crippen molar-refractivity contribution in [1.29, 1.82) is 0 Å². The summed E-state index contributed by atoms with van der Waals surface area (Å²) < 4.78 is 26.0.